The lowest BCUT2D eigenvalue weighted by molar-refractivity contribution is 0.568. The van der Waals surface area contributed by atoms with Gasteiger partial charge in [-0.25, -0.2) is 27.2 Å². The predicted octanol–water partition coefficient (Wildman–Crippen LogP) is 4.21. The van der Waals surface area contributed by atoms with E-state index in [0.717, 1.165) is 43.9 Å². The van der Waals surface area contributed by atoms with Crippen LogP contribution in [0.3, 0.4) is 0 Å². The van der Waals surface area contributed by atoms with Crippen molar-refractivity contribution in [3.05, 3.63) is 66.0 Å². The van der Waals surface area contributed by atoms with E-state index in [-0.39, 0.29) is 5.69 Å². The summed E-state index contributed by atoms with van der Waals surface area (Å²) < 4.78 is 53.8. The molecule has 1 aliphatic rings. The topological polar surface area (TPSA) is 87.2 Å². The third-order valence-electron chi connectivity index (χ3n) is 4.81. The fourth-order valence-electron chi connectivity index (χ4n) is 3.39. The highest BCUT2D eigenvalue weighted by atomic mass is 32.2. The summed E-state index contributed by atoms with van der Waals surface area (Å²) in [5, 5.41) is 3.19. The molecule has 2 heterocycles. The molecule has 1 saturated heterocycles. The maximum absolute atomic E-state index is 13.4. The number of aromatic nitrogens is 2. The molecule has 0 spiro atoms. The summed E-state index contributed by atoms with van der Waals surface area (Å²) in [5.74, 6) is 0.234. The Balaban J connectivity index is 1.48. The van der Waals surface area contributed by atoms with Crippen molar-refractivity contribution in [1.29, 1.82) is 0 Å². The Morgan fingerprint density at radius 2 is 1.52 bits per heavy atom. The molecular formula is C21H21F2N5O2S. The molecule has 7 nitrogen and oxygen atoms in total. The van der Waals surface area contributed by atoms with Crippen LogP contribution in [0, 0.1) is 18.6 Å². The van der Waals surface area contributed by atoms with Crippen molar-refractivity contribution in [3.63, 3.8) is 0 Å². The average Bonchev–Trinajstić information content (AvgIpc) is 3.23. The highest BCUT2D eigenvalue weighted by Crippen LogP contribution is 2.24. The molecule has 0 bridgehead atoms. The fourth-order valence-corrected chi connectivity index (χ4v) is 4.49. The van der Waals surface area contributed by atoms with Gasteiger partial charge in [0.1, 0.15) is 29.1 Å². The molecule has 0 atom stereocenters. The third kappa shape index (κ3) is 5.08. The van der Waals surface area contributed by atoms with Gasteiger partial charge in [-0.1, -0.05) is 0 Å². The number of nitrogens with zero attached hydrogens (tertiary/aromatic N) is 3. The number of nitrogens with one attached hydrogen (secondary N) is 2. The zero-order valence-corrected chi connectivity index (χ0v) is 17.6. The molecule has 0 amide bonds. The number of hydrogen-bond acceptors (Lipinski definition) is 6. The Morgan fingerprint density at radius 1 is 0.903 bits per heavy atom. The van der Waals surface area contributed by atoms with Gasteiger partial charge in [0.25, 0.3) is 10.0 Å². The molecule has 31 heavy (non-hydrogen) atoms. The lowest BCUT2D eigenvalue weighted by Gasteiger charge is -2.18. The van der Waals surface area contributed by atoms with Crippen molar-refractivity contribution in [2.24, 2.45) is 0 Å². The standard InChI is InChI=1S/C21H21F2N5O2S/c1-14-24-20(13-21(25-14)28-8-2-3-9-28)26-17-4-6-18(7-5-17)27-31(29,30)19-11-15(22)10-16(23)12-19/h4-7,10-13,27H,2-3,8-9H2,1H3,(H,24,25,26). The van der Waals surface area contributed by atoms with Gasteiger partial charge in [-0.2, -0.15) is 0 Å². The first-order valence-electron chi connectivity index (χ1n) is 9.75. The van der Waals surface area contributed by atoms with Gasteiger partial charge < -0.3 is 10.2 Å². The minimum absolute atomic E-state index is 0.256. The summed E-state index contributed by atoms with van der Waals surface area (Å²) in [5.41, 5.74) is 0.956. The third-order valence-corrected chi connectivity index (χ3v) is 6.17. The molecule has 1 aromatic heterocycles. The van der Waals surface area contributed by atoms with Crippen molar-refractivity contribution in [2.75, 3.05) is 28.0 Å². The summed E-state index contributed by atoms with van der Waals surface area (Å²) in [6.45, 7) is 3.78. The molecule has 3 aromatic rings. The molecule has 4 rings (SSSR count). The number of halogens is 2. The van der Waals surface area contributed by atoms with E-state index in [1.807, 2.05) is 13.0 Å². The number of benzene rings is 2. The molecule has 0 unspecified atom stereocenters. The number of rotatable bonds is 6. The van der Waals surface area contributed by atoms with Crippen LogP contribution in [-0.2, 0) is 10.0 Å². The molecular weight excluding hydrogens is 424 g/mol. The lowest BCUT2D eigenvalue weighted by atomic mass is 10.3. The molecule has 0 aliphatic carbocycles. The Morgan fingerprint density at radius 3 is 2.16 bits per heavy atom. The first kappa shape index (κ1) is 21.0. The number of hydrogen-bond donors (Lipinski definition) is 2. The van der Waals surface area contributed by atoms with Crippen molar-refractivity contribution < 1.29 is 17.2 Å². The summed E-state index contributed by atoms with van der Waals surface area (Å²) in [7, 11) is -4.13. The zero-order valence-electron chi connectivity index (χ0n) is 16.8. The molecule has 10 heteroatoms. The minimum atomic E-state index is -4.13. The molecule has 162 valence electrons. The monoisotopic (exact) mass is 445 g/mol. The van der Waals surface area contributed by atoms with Crippen molar-refractivity contribution in [2.45, 2.75) is 24.7 Å². The van der Waals surface area contributed by atoms with Crippen LogP contribution in [-0.4, -0.2) is 31.5 Å². The summed E-state index contributed by atoms with van der Waals surface area (Å²) in [6.07, 6.45) is 2.29. The van der Waals surface area contributed by atoms with Crippen LogP contribution >= 0.6 is 0 Å². The number of sulfonamides is 1. The Bertz CT molecular complexity index is 1180. The molecule has 1 aliphatic heterocycles. The second kappa shape index (κ2) is 8.46. The van der Waals surface area contributed by atoms with Gasteiger partial charge in [0.2, 0.25) is 0 Å². The van der Waals surface area contributed by atoms with Gasteiger partial charge in [0, 0.05) is 36.6 Å². The van der Waals surface area contributed by atoms with E-state index in [9.17, 15) is 17.2 Å². The highest BCUT2D eigenvalue weighted by Gasteiger charge is 2.17. The van der Waals surface area contributed by atoms with Crippen LogP contribution in [0.4, 0.5) is 31.8 Å². The Hall–Kier alpha value is -3.27. The van der Waals surface area contributed by atoms with Crippen molar-refractivity contribution in [3.8, 4) is 0 Å². The average molecular weight is 445 g/mol. The summed E-state index contributed by atoms with van der Waals surface area (Å²) in [4.78, 5) is 10.6. The van der Waals surface area contributed by atoms with Gasteiger partial charge in [-0.05, 0) is 56.2 Å². The van der Waals surface area contributed by atoms with Crippen LogP contribution in [0.25, 0.3) is 0 Å². The Labute approximate surface area is 179 Å². The number of aryl methyl sites for hydroxylation is 1. The lowest BCUT2D eigenvalue weighted by Crippen LogP contribution is -2.19. The van der Waals surface area contributed by atoms with E-state index in [0.29, 0.717) is 23.4 Å². The van der Waals surface area contributed by atoms with Gasteiger partial charge in [-0.3, -0.25) is 4.72 Å². The molecule has 1 fully saturated rings. The van der Waals surface area contributed by atoms with E-state index < -0.39 is 26.6 Å². The normalized spacial score (nSPS) is 14.0. The minimum Gasteiger partial charge on any atom is -0.356 e. The van der Waals surface area contributed by atoms with Crippen molar-refractivity contribution in [1.82, 2.24) is 9.97 Å². The smallest absolute Gasteiger partial charge is 0.262 e. The second-order valence-electron chi connectivity index (χ2n) is 7.27. The van der Waals surface area contributed by atoms with Crippen LogP contribution in [0.1, 0.15) is 18.7 Å². The first-order valence-corrected chi connectivity index (χ1v) is 11.2. The van der Waals surface area contributed by atoms with Gasteiger partial charge in [0.15, 0.2) is 0 Å². The van der Waals surface area contributed by atoms with E-state index in [4.69, 9.17) is 0 Å². The van der Waals surface area contributed by atoms with E-state index in [1.54, 1.807) is 24.3 Å². The first-order chi connectivity index (χ1) is 14.8. The molecule has 0 saturated carbocycles. The van der Waals surface area contributed by atoms with Gasteiger partial charge in [-0.15, -0.1) is 0 Å². The zero-order chi connectivity index (χ0) is 22.0. The van der Waals surface area contributed by atoms with Gasteiger partial charge in [0.05, 0.1) is 4.90 Å². The molecule has 0 radical (unpaired) electrons. The maximum atomic E-state index is 13.4. The highest BCUT2D eigenvalue weighted by molar-refractivity contribution is 7.92. The SMILES string of the molecule is Cc1nc(Nc2ccc(NS(=O)(=O)c3cc(F)cc(F)c3)cc2)cc(N2CCCC2)n1. The summed E-state index contributed by atoms with van der Waals surface area (Å²) >= 11 is 0. The largest absolute Gasteiger partial charge is 0.356 e. The fraction of sp³-hybridized carbons (Fsp3) is 0.238. The van der Waals surface area contributed by atoms with Crippen LogP contribution in [0.5, 0.6) is 0 Å². The van der Waals surface area contributed by atoms with E-state index in [2.05, 4.69) is 24.9 Å². The molecule has 2 aromatic carbocycles. The second-order valence-corrected chi connectivity index (χ2v) is 8.95. The van der Waals surface area contributed by atoms with Gasteiger partial charge >= 0.3 is 0 Å². The maximum Gasteiger partial charge on any atom is 0.262 e. The van der Waals surface area contributed by atoms with Crippen LogP contribution in [0.2, 0.25) is 0 Å². The Kier molecular flexibility index (Phi) is 5.73. The van der Waals surface area contributed by atoms with Crippen LogP contribution < -0.4 is 14.9 Å². The number of anilines is 4. The predicted molar refractivity (Wildman–Crippen MR) is 115 cm³/mol. The van der Waals surface area contributed by atoms with Crippen molar-refractivity contribution >= 4 is 33.0 Å². The quantitative estimate of drug-likeness (QED) is 0.591. The molecule has 2 N–H and O–H groups in total. The van der Waals surface area contributed by atoms with E-state index in [1.165, 1.54) is 0 Å². The summed E-state index contributed by atoms with van der Waals surface area (Å²) in [6, 6.07) is 10.5. The van der Waals surface area contributed by atoms with Crippen LogP contribution in [0.15, 0.2) is 53.4 Å². The van der Waals surface area contributed by atoms with E-state index >= 15 is 0 Å².